The molecule has 17 heavy (non-hydrogen) atoms. The molecule has 3 nitrogen and oxygen atoms in total. The van der Waals surface area contributed by atoms with E-state index in [9.17, 15) is 4.79 Å². The standard InChI is InChI=1S/C14H28N2O/c1-11(2)5-8-13(12-6-7-12)15-10-9-14(17)16(3)4/h11-13,15H,5-10H2,1-4H3. The number of rotatable bonds is 8. The van der Waals surface area contributed by atoms with Gasteiger partial charge in [-0.1, -0.05) is 13.8 Å². The Morgan fingerprint density at radius 3 is 2.41 bits per heavy atom. The molecule has 1 amide bonds. The minimum absolute atomic E-state index is 0.218. The third kappa shape index (κ3) is 6.06. The van der Waals surface area contributed by atoms with Gasteiger partial charge in [0, 0.05) is 33.1 Å². The van der Waals surface area contributed by atoms with Crippen molar-refractivity contribution in [3.63, 3.8) is 0 Å². The molecule has 0 aliphatic heterocycles. The van der Waals surface area contributed by atoms with E-state index >= 15 is 0 Å². The van der Waals surface area contributed by atoms with E-state index in [0.717, 1.165) is 18.4 Å². The average Bonchev–Trinajstić information content (AvgIpc) is 3.05. The van der Waals surface area contributed by atoms with Crippen LogP contribution >= 0.6 is 0 Å². The van der Waals surface area contributed by atoms with Gasteiger partial charge in [0.05, 0.1) is 0 Å². The highest BCUT2D eigenvalue weighted by molar-refractivity contribution is 5.75. The number of hydrogen-bond donors (Lipinski definition) is 1. The molecular weight excluding hydrogens is 212 g/mol. The number of hydrogen-bond acceptors (Lipinski definition) is 2. The van der Waals surface area contributed by atoms with Crippen molar-refractivity contribution in [1.82, 2.24) is 10.2 Å². The van der Waals surface area contributed by atoms with Gasteiger partial charge in [0.25, 0.3) is 0 Å². The zero-order valence-corrected chi connectivity index (χ0v) is 11.8. The van der Waals surface area contributed by atoms with Gasteiger partial charge in [-0.25, -0.2) is 0 Å². The summed E-state index contributed by atoms with van der Waals surface area (Å²) < 4.78 is 0. The normalized spacial score (nSPS) is 17.2. The van der Waals surface area contributed by atoms with Crippen LogP contribution < -0.4 is 5.32 Å². The molecule has 1 atom stereocenters. The summed E-state index contributed by atoms with van der Waals surface area (Å²) in [6.07, 6.45) is 5.92. The summed E-state index contributed by atoms with van der Waals surface area (Å²) in [5, 5.41) is 3.58. The minimum atomic E-state index is 0.218. The molecular formula is C14H28N2O. The van der Waals surface area contributed by atoms with E-state index in [1.165, 1.54) is 25.7 Å². The molecule has 0 saturated heterocycles. The van der Waals surface area contributed by atoms with Crippen molar-refractivity contribution in [1.29, 1.82) is 0 Å². The Labute approximate surface area is 106 Å². The van der Waals surface area contributed by atoms with Crippen LogP contribution in [0.25, 0.3) is 0 Å². The van der Waals surface area contributed by atoms with Crippen molar-refractivity contribution in [2.24, 2.45) is 11.8 Å². The number of nitrogens with one attached hydrogen (secondary N) is 1. The van der Waals surface area contributed by atoms with Crippen LogP contribution in [0.2, 0.25) is 0 Å². The predicted octanol–water partition coefficient (Wildman–Crippen LogP) is 2.27. The van der Waals surface area contributed by atoms with Gasteiger partial charge < -0.3 is 10.2 Å². The summed E-state index contributed by atoms with van der Waals surface area (Å²) in [6.45, 7) is 5.38. The fraction of sp³-hybridized carbons (Fsp3) is 0.929. The van der Waals surface area contributed by atoms with Crippen LogP contribution in [-0.4, -0.2) is 37.5 Å². The molecule has 1 unspecified atom stereocenters. The van der Waals surface area contributed by atoms with Gasteiger partial charge in [0.2, 0.25) is 5.91 Å². The number of carbonyl (C=O) groups excluding carboxylic acids is 1. The molecule has 0 aromatic heterocycles. The summed E-state index contributed by atoms with van der Waals surface area (Å²) in [7, 11) is 3.64. The van der Waals surface area contributed by atoms with E-state index < -0.39 is 0 Å². The van der Waals surface area contributed by atoms with Crippen molar-refractivity contribution in [3.8, 4) is 0 Å². The lowest BCUT2D eigenvalue weighted by Gasteiger charge is -2.19. The van der Waals surface area contributed by atoms with Crippen molar-refractivity contribution in [2.45, 2.75) is 52.0 Å². The molecule has 0 aromatic rings. The van der Waals surface area contributed by atoms with E-state index in [2.05, 4.69) is 19.2 Å². The van der Waals surface area contributed by atoms with Gasteiger partial charge in [0.1, 0.15) is 0 Å². The summed E-state index contributed by atoms with van der Waals surface area (Å²) in [6, 6.07) is 0.646. The van der Waals surface area contributed by atoms with E-state index in [0.29, 0.717) is 12.5 Å². The zero-order valence-electron chi connectivity index (χ0n) is 11.8. The fourth-order valence-corrected chi connectivity index (χ4v) is 2.10. The molecule has 0 heterocycles. The lowest BCUT2D eigenvalue weighted by atomic mass is 10.0. The molecule has 1 aliphatic rings. The fourth-order valence-electron chi connectivity index (χ4n) is 2.10. The van der Waals surface area contributed by atoms with E-state index in [4.69, 9.17) is 0 Å². The highest BCUT2D eigenvalue weighted by Crippen LogP contribution is 2.34. The van der Waals surface area contributed by atoms with Gasteiger partial charge in [0.15, 0.2) is 0 Å². The monoisotopic (exact) mass is 240 g/mol. The maximum atomic E-state index is 11.5. The van der Waals surface area contributed by atoms with E-state index in [-0.39, 0.29) is 5.91 Å². The van der Waals surface area contributed by atoms with Gasteiger partial charge in [-0.15, -0.1) is 0 Å². The Kier molecular flexibility index (Phi) is 5.96. The molecule has 1 N–H and O–H groups in total. The van der Waals surface area contributed by atoms with Crippen LogP contribution in [0.3, 0.4) is 0 Å². The van der Waals surface area contributed by atoms with Crippen LogP contribution in [0.15, 0.2) is 0 Å². The maximum absolute atomic E-state index is 11.5. The molecule has 1 fully saturated rings. The summed E-state index contributed by atoms with van der Waals surface area (Å²) >= 11 is 0. The lowest BCUT2D eigenvalue weighted by Crippen LogP contribution is -2.35. The second-order valence-corrected chi connectivity index (χ2v) is 5.91. The Balaban J connectivity index is 2.18. The molecule has 3 heteroatoms. The Morgan fingerprint density at radius 2 is 1.94 bits per heavy atom. The van der Waals surface area contributed by atoms with Crippen molar-refractivity contribution >= 4 is 5.91 Å². The van der Waals surface area contributed by atoms with Crippen molar-refractivity contribution in [2.75, 3.05) is 20.6 Å². The second-order valence-electron chi connectivity index (χ2n) is 5.91. The largest absolute Gasteiger partial charge is 0.349 e. The summed E-state index contributed by atoms with van der Waals surface area (Å²) in [5.41, 5.74) is 0. The molecule has 0 bridgehead atoms. The molecule has 0 aromatic carbocycles. The number of nitrogens with zero attached hydrogens (tertiary/aromatic N) is 1. The second kappa shape index (κ2) is 7.00. The molecule has 1 aliphatic carbocycles. The highest BCUT2D eigenvalue weighted by Gasteiger charge is 2.30. The quantitative estimate of drug-likeness (QED) is 0.706. The molecule has 0 radical (unpaired) electrons. The summed E-state index contributed by atoms with van der Waals surface area (Å²) in [4.78, 5) is 13.1. The zero-order chi connectivity index (χ0) is 12.8. The molecule has 0 spiro atoms. The van der Waals surface area contributed by atoms with Gasteiger partial charge >= 0.3 is 0 Å². The number of amides is 1. The Morgan fingerprint density at radius 1 is 1.29 bits per heavy atom. The first kappa shape index (κ1) is 14.5. The van der Waals surface area contributed by atoms with Crippen molar-refractivity contribution in [3.05, 3.63) is 0 Å². The third-order valence-electron chi connectivity index (χ3n) is 3.49. The van der Waals surface area contributed by atoms with Crippen LogP contribution in [-0.2, 0) is 4.79 Å². The smallest absolute Gasteiger partial charge is 0.223 e. The topological polar surface area (TPSA) is 32.3 Å². The first-order valence-corrected chi connectivity index (χ1v) is 6.94. The first-order valence-electron chi connectivity index (χ1n) is 6.94. The van der Waals surface area contributed by atoms with Crippen LogP contribution in [0.1, 0.15) is 46.0 Å². The summed E-state index contributed by atoms with van der Waals surface area (Å²) in [5.74, 6) is 1.88. The Hall–Kier alpha value is -0.570. The lowest BCUT2D eigenvalue weighted by molar-refractivity contribution is -0.128. The maximum Gasteiger partial charge on any atom is 0.223 e. The first-order chi connectivity index (χ1) is 8.00. The minimum Gasteiger partial charge on any atom is -0.349 e. The predicted molar refractivity (Wildman–Crippen MR) is 71.9 cm³/mol. The van der Waals surface area contributed by atoms with Gasteiger partial charge in [-0.05, 0) is 37.5 Å². The van der Waals surface area contributed by atoms with Gasteiger partial charge in [-0.2, -0.15) is 0 Å². The van der Waals surface area contributed by atoms with E-state index in [1.807, 2.05) is 14.1 Å². The molecule has 1 rings (SSSR count). The van der Waals surface area contributed by atoms with Crippen LogP contribution in [0.5, 0.6) is 0 Å². The average molecular weight is 240 g/mol. The molecule has 100 valence electrons. The Bertz CT molecular complexity index is 234. The third-order valence-corrected chi connectivity index (χ3v) is 3.49. The molecule has 1 saturated carbocycles. The van der Waals surface area contributed by atoms with Gasteiger partial charge in [-0.3, -0.25) is 4.79 Å². The highest BCUT2D eigenvalue weighted by atomic mass is 16.2. The number of carbonyl (C=O) groups is 1. The van der Waals surface area contributed by atoms with E-state index in [1.54, 1.807) is 4.90 Å². The SMILES string of the molecule is CC(C)CCC(NCCC(=O)N(C)C)C1CC1. The van der Waals surface area contributed by atoms with Crippen molar-refractivity contribution < 1.29 is 4.79 Å². The van der Waals surface area contributed by atoms with Crippen LogP contribution in [0, 0.1) is 11.8 Å². The van der Waals surface area contributed by atoms with Crippen LogP contribution in [0.4, 0.5) is 0 Å².